The maximum absolute atomic E-state index is 13.1. The molecule has 0 aliphatic carbocycles. The van der Waals surface area contributed by atoms with E-state index >= 15 is 0 Å². The van der Waals surface area contributed by atoms with Gasteiger partial charge in [0.25, 0.3) is 0 Å². The lowest BCUT2D eigenvalue weighted by Gasteiger charge is -2.13. The van der Waals surface area contributed by atoms with E-state index in [1.807, 2.05) is 0 Å². The Kier molecular flexibility index (Phi) is 3.66. The summed E-state index contributed by atoms with van der Waals surface area (Å²) in [7, 11) is 0. The van der Waals surface area contributed by atoms with E-state index < -0.39 is 37.6 Å². The van der Waals surface area contributed by atoms with E-state index in [9.17, 15) is 17.6 Å². The van der Waals surface area contributed by atoms with Crippen LogP contribution >= 0.6 is 46.4 Å². The summed E-state index contributed by atoms with van der Waals surface area (Å²) in [5, 5.41) is -3.08. The molecule has 15 heavy (non-hydrogen) atoms. The van der Waals surface area contributed by atoms with Gasteiger partial charge in [0, 0.05) is 0 Å². The third kappa shape index (κ3) is 2.28. The molecule has 0 atom stereocenters. The van der Waals surface area contributed by atoms with Gasteiger partial charge >= 0.3 is 6.18 Å². The Labute approximate surface area is 102 Å². The van der Waals surface area contributed by atoms with Crippen molar-refractivity contribution >= 4 is 46.4 Å². The van der Waals surface area contributed by atoms with E-state index in [1.54, 1.807) is 0 Å². The van der Waals surface area contributed by atoms with Crippen LogP contribution in [0, 0.1) is 5.82 Å². The Bertz CT molecular complexity index is 383. The van der Waals surface area contributed by atoms with Gasteiger partial charge in [-0.3, -0.25) is 0 Å². The molecular formula is C7Cl4F4. The van der Waals surface area contributed by atoms with Crippen LogP contribution in [0.1, 0.15) is 5.56 Å². The number of benzene rings is 1. The van der Waals surface area contributed by atoms with E-state index in [4.69, 9.17) is 46.4 Å². The Morgan fingerprint density at radius 3 is 1.53 bits per heavy atom. The molecule has 1 rings (SSSR count). The van der Waals surface area contributed by atoms with Gasteiger partial charge in [-0.15, -0.1) is 0 Å². The van der Waals surface area contributed by atoms with Crippen LogP contribution in [0.5, 0.6) is 0 Å². The van der Waals surface area contributed by atoms with Crippen molar-refractivity contribution in [1.29, 1.82) is 0 Å². The van der Waals surface area contributed by atoms with E-state index in [0.717, 1.165) is 0 Å². The molecule has 0 amide bonds. The largest absolute Gasteiger partial charge is 0.420 e. The predicted octanol–water partition coefficient (Wildman–Crippen LogP) is 5.46. The van der Waals surface area contributed by atoms with Crippen molar-refractivity contribution in [2.45, 2.75) is 6.18 Å². The normalized spacial score (nSPS) is 12.0. The fraction of sp³-hybridized carbons (Fsp3) is 0.143. The monoisotopic (exact) mass is 300 g/mol. The number of hydrogen-bond donors (Lipinski definition) is 0. The second-order valence-corrected chi connectivity index (χ2v) is 3.95. The molecule has 0 unspecified atom stereocenters. The first-order chi connectivity index (χ1) is 6.68. The highest BCUT2D eigenvalue weighted by molar-refractivity contribution is 6.52. The van der Waals surface area contributed by atoms with Gasteiger partial charge in [0.05, 0.1) is 20.1 Å². The van der Waals surface area contributed by atoms with E-state index in [-0.39, 0.29) is 0 Å². The molecule has 0 nitrogen and oxygen atoms in total. The SMILES string of the molecule is Fc1c(Cl)c(Cl)c(Cl)c(Cl)c1C(F)(F)F. The third-order valence-electron chi connectivity index (χ3n) is 1.49. The van der Waals surface area contributed by atoms with Gasteiger partial charge in [0.2, 0.25) is 0 Å². The van der Waals surface area contributed by atoms with Gasteiger partial charge in [-0.2, -0.15) is 13.2 Å². The summed E-state index contributed by atoms with van der Waals surface area (Å²) in [6, 6.07) is 0. The zero-order chi connectivity index (χ0) is 12.0. The van der Waals surface area contributed by atoms with Crippen LogP contribution in [-0.4, -0.2) is 0 Å². The van der Waals surface area contributed by atoms with Gasteiger partial charge in [-0.25, -0.2) is 4.39 Å². The first kappa shape index (κ1) is 13.2. The molecule has 0 N–H and O–H groups in total. The molecule has 1 aromatic rings. The standard InChI is InChI=1S/C7Cl4F4/c8-2-1(7(13,14)15)6(12)5(11)4(10)3(2)9. The van der Waals surface area contributed by atoms with Crippen LogP contribution in [-0.2, 0) is 6.18 Å². The zero-order valence-corrected chi connectivity index (χ0v) is 9.55. The summed E-state index contributed by atoms with van der Waals surface area (Å²) in [5.41, 5.74) is -1.72. The van der Waals surface area contributed by atoms with E-state index in [1.165, 1.54) is 0 Å². The number of rotatable bonds is 0. The van der Waals surface area contributed by atoms with Gasteiger partial charge < -0.3 is 0 Å². The van der Waals surface area contributed by atoms with Crippen molar-refractivity contribution in [3.05, 3.63) is 31.5 Å². The molecule has 1 aromatic carbocycles. The molecule has 0 saturated heterocycles. The van der Waals surface area contributed by atoms with Gasteiger partial charge in [0.15, 0.2) is 5.82 Å². The molecule has 0 aliphatic heterocycles. The molecule has 0 aromatic heterocycles. The predicted molar refractivity (Wildman–Crippen MR) is 51.4 cm³/mol. The topological polar surface area (TPSA) is 0 Å². The Morgan fingerprint density at radius 2 is 1.13 bits per heavy atom. The van der Waals surface area contributed by atoms with E-state index in [2.05, 4.69) is 0 Å². The first-order valence-electron chi connectivity index (χ1n) is 3.26. The van der Waals surface area contributed by atoms with Crippen LogP contribution in [0.2, 0.25) is 20.1 Å². The second kappa shape index (κ2) is 4.17. The molecule has 84 valence electrons. The number of hydrogen-bond acceptors (Lipinski definition) is 0. The number of alkyl halides is 3. The highest BCUT2D eigenvalue weighted by atomic mass is 35.5. The van der Waals surface area contributed by atoms with Crippen LogP contribution in [0.4, 0.5) is 17.6 Å². The fourth-order valence-electron chi connectivity index (χ4n) is 0.854. The average molecular weight is 302 g/mol. The van der Waals surface area contributed by atoms with Crippen LogP contribution in [0.25, 0.3) is 0 Å². The lowest BCUT2D eigenvalue weighted by molar-refractivity contribution is -0.139. The maximum Gasteiger partial charge on any atom is 0.420 e. The Morgan fingerprint density at radius 1 is 0.733 bits per heavy atom. The molecule has 0 radical (unpaired) electrons. The lowest BCUT2D eigenvalue weighted by atomic mass is 10.2. The highest BCUT2D eigenvalue weighted by Gasteiger charge is 2.40. The third-order valence-corrected chi connectivity index (χ3v) is 3.27. The molecular weight excluding hydrogens is 302 g/mol. The minimum Gasteiger partial charge on any atom is -0.205 e. The van der Waals surface area contributed by atoms with Crippen molar-refractivity contribution in [1.82, 2.24) is 0 Å². The lowest BCUT2D eigenvalue weighted by Crippen LogP contribution is -2.10. The number of halogens is 8. The second-order valence-electron chi connectivity index (χ2n) is 2.44. The van der Waals surface area contributed by atoms with Crippen molar-refractivity contribution in [2.24, 2.45) is 0 Å². The minimum atomic E-state index is -4.99. The maximum atomic E-state index is 13.1. The van der Waals surface area contributed by atoms with Gasteiger partial charge in [0.1, 0.15) is 5.56 Å². The van der Waals surface area contributed by atoms with Gasteiger partial charge in [-0.05, 0) is 0 Å². The molecule has 0 spiro atoms. The van der Waals surface area contributed by atoms with Crippen molar-refractivity contribution in [3.8, 4) is 0 Å². The summed E-state index contributed by atoms with van der Waals surface area (Å²) in [5.74, 6) is -1.73. The summed E-state index contributed by atoms with van der Waals surface area (Å²) in [6.45, 7) is 0. The molecule has 0 fully saturated rings. The molecule has 0 saturated carbocycles. The van der Waals surface area contributed by atoms with Gasteiger partial charge in [-0.1, -0.05) is 46.4 Å². The zero-order valence-electron chi connectivity index (χ0n) is 6.52. The summed E-state index contributed by atoms with van der Waals surface area (Å²) < 4.78 is 50.1. The average Bonchev–Trinajstić information content (AvgIpc) is 2.09. The molecule has 0 aliphatic rings. The van der Waals surface area contributed by atoms with Crippen LogP contribution in [0.3, 0.4) is 0 Å². The fourth-order valence-corrected chi connectivity index (χ4v) is 1.79. The molecule has 0 heterocycles. The smallest absolute Gasteiger partial charge is 0.205 e. The van der Waals surface area contributed by atoms with Crippen LogP contribution in [0.15, 0.2) is 0 Å². The Hall–Kier alpha value is 0.1000. The summed E-state index contributed by atoms with van der Waals surface area (Å²) in [6.07, 6.45) is -4.99. The highest BCUT2D eigenvalue weighted by Crippen LogP contribution is 2.46. The van der Waals surface area contributed by atoms with E-state index in [0.29, 0.717) is 0 Å². The van der Waals surface area contributed by atoms with Crippen molar-refractivity contribution in [2.75, 3.05) is 0 Å². The molecule has 8 heteroatoms. The first-order valence-corrected chi connectivity index (χ1v) is 4.77. The van der Waals surface area contributed by atoms with Crippen LogP contribution < -0.4 is 0 Å². The summed E-state index contributed by atoms with van der Waals surface area (Å²) in [4.78, 5) is 0. The van der Waals surface area contributed by atoms with Crippen molar-refractivity contribution < 1.29 is 17.6 Å². The van der Waals surface area contributed by atoms with Crippen molar-refractivity contribution in [3.63, 3.8) is 0 Å². The molecule has 0 bridgehead atoms. The summed E-state index contributed by atoms with van der Waals surface area (Å²) >= 11 is 21.1. The Balaban J connectivity index is 3.68. The quantitative estimate of drug-likeness (QED) is 0.339. The minimum absolute atomic E-state index is 0.547.